The maximum atomic E-state index is 12.7. The number of nitrogens with zero attached hydrogens (tertiary/aromatic N) is 3. The van der Waals surface area contributed by atoms with Crippen LogP contribution in [0.25, 0.3) is 11.0 Å². The van der Waals surface area contributed by atoms with Crippen LogP contribution in [-0.4, -0.2) is 20.4 Å². The van der Waals surface area contributed by atoms with Gasteiger partial charge in [0.15, 0.2) is 0 Å². The topological polar surface area (TPSA) is 59.8 Å². The third-order valence-corrected chi connectivity index (χ3v) is 4.50. The number of fused-ring (bicyclic) bond motifs is 1. The summed E-state index contributed by atoms with van der Waals surface area (Å²) in [5, 5.41) is 2.94. The van der Waals surface area contributed by atoms with Crippen LogP contribution in [0.5, 0.6) is 0 Å². The van der Waals surface area contributed by atoms with Crippen molar-refractivity contribution in [1.82, 2.24) is 19.9 Å². The summed E-state index contributed by atoms with van der Waals surface area (Å²) in [7, 11) is 0. The van der Waals surface area contributed by atoms with Gasteiger partial charge in [0.05, 0.1) is 44.7 Å². The molecule has 0 saturated carbocycles. The van der Waals surface area contributed by atoms with Crippen molar-refractivity contribution in [2.45, 2.75) is 25.7 Å². The highest BCUT2D eigenvalue weighted by atomic mass is 35.5. The third-order valence-electron chi connectivity index (χ3n) is 3.89. The Morgan fingerprint density at radius 2 is 2.00 bits per heavy atom. The minimum Gasteiger partial charge on any atom is -0.346 e. The van der Waals surface area contributed by atoms with E-state index in [1.54, 1.807) is 29.7 Å². The number of para-hydroxylation sites is 1. The van der Waals surface area contributed by atoms with Gasteiger partial charge in [0, 0.05) is 6.20 Å². The first-order valence-electron chi connectivity index (χ1n) is 7.78. The third kappa shape index (κ3) is 4.17. The molecule has 5 nitrogen and oxygen atoms in total. The van der Waals surface area contributed by atoms with Gasteiger partial charge in [-0.05, 0) is 25.1 Å². The normalized spacial score (nSPS) is 13.0. The summed E-state index contributed by atoms with van der Waals surface area (Å²) >= 11 is 12.1. The largest absolute Gasteiger partial charge is 0.417 e. The monoisotopic (exact) mass is 416 g/mol. The molecule has 0 aliphatic carbocycles. The van der Waals surface area contributed by atoms with Crippen LogP contribution in [0.15, 0.2) is 36.8 Å². The number of halogens is 5. The Morgan fingerprint density at radius 3 is 2.67 bits per heavy atom. The first kappa shape index (κ1) is 19.4. The van der Waals surface area contributed by atoms with Crippen LogP contribution < -0.4 is 5.32 Å². The molecule has 0 aliphatic heterocycles. The Kier molecular flexibility index (Phi) is 5.30. The highest BCUT2D eigenvalue weighted by Crippen LogP contribution is 2.32. The first-order chi connectivity index (χ1) is 12.7. The average molecular weight is 417 g/mol. The number of rotatable bonds is 4. The van der Waals surface area contributed by atoms with E-state index in [1.807, 2.05) is 0 Å². The van der Waals surface area contributed by atoms with E-state index >= 15 is 0 Å². The lowest BCUT2D eigenvalue weighted by atomic mass is 10.1. The van der Waals surface area contributed by atoms with Crippen molar-refractivity contribution in [2.24, 2.45) is 0 Å². The van der Waals surface area contributed by atoms with Crippen molar-refractivity contribution in [2.75, 3.05) is 0 Å². The predicted molar refractivity (Wildman–Crippen MR) is 95.5 cm³/mol. The SMILES string of the molecule is CC(NC(=O)Cn1cnc2cccc(Cl)c21)c1ncc(C(F)(F)F)cc1Cl. The van der Waals surface area contributed by atoms with Crippen LogP contribution in [0.4, 0.5) is 13.2 Å². The van der Waals surface area contributed by atoms with Crippen LogP contribution in [0.2, 0.25) is 10.0 Å². The van der Waals surface area contributed by atoms with Crippen molar-refractivity contribution in [3.63, 3.8) is 0 Å². The second-order valence-corrected chi connectivity index (χ2v) is 6.67. The van der Waals surface area contributed by atoms with Crippen molar-refractivity contribution < 1.29 is 18.0 Å². The number of hydrogen-bond donors (Lipinski definition) is 1. The van der Waals surface area contributed by atoms with E-state index in [-0.39, 0.29) is 23.2 Å². The Hall–Kier alpha value is -2.32. The molecule has 0 bridgehead atoms. The molecule has 1 atom stereocenters. The molecule has 3 aromatic rings. The quantitative estimate of drug-likeness (QED) is 0.673. The van der Waals surface area contributed by atoms with Gasteiger partial charge in [-0.1, -0.05) is 29.3 Å². The van der Waals surface area contributed by atoms with E-state index in [9.17, 15) is 18.0 Å². The molecule has 27 heavy (non-hydrogen) atoms. The highest BCUT2D eigenvalue weighted by Gasteiger charge is 2.32. The van der Waals surface area contributed by atoms with E-state index in [4.69, 9.17) is 23.2 Å². The van der Waals surface area contributed by atoms with Gasteiger partial charge in [-0.2, -0.15) is 13.2 Å². The van der Waals surface area contributed by atoms with E-state index < -0.39 is 17.8 Å². The van der Waals surface area contributed by atoms with E-state index in [1.165, 1.54) is 6.33 Å². The standard InChI is InChI=1S/C17H13Cl2F3N4O/c1-9(15-12(19)5-10(6-23-15)17(20,21)22)25-14(27)7-26-8-24-13-4-2-3-11(18)16(13)26/h2-6,8-9H,7H2,1H3,(H,25,27). The molecule has 0 saturated heterocycles. The van der Waals surface area contributed by atoms with Crippen LogP contribution in [0.3, 0.4) is 0 Å². The Labute approximate surface area is 162 Å². The Bertz CT molecular complexity index is 1000. The van der Waals surface area contributed by atoms with E-state index in [2.05, 4.69) is 15.3 Å². The summed E-state index contributed by atoms with van der Waals surface area (Å²) in [5.74, 6) is -0.389. The van der Waals surface area contributed by atoms with Gasteiger partial charge in [0.1, 0.15) is 6.54 Å². The first-order valence-corrected chi connectivity index (χ1v) is 8.53. The summed E-state index contributed by atoms with van der Waals surface area (Å²) in [6.45, 7) is 1.52. The average Bonchev–Trinajstić information content (AvgIpc) is 2.98. The number of imidazole rings is 1. The summed E-state index contributed by atoms with van der Waals surface area (Å²) in [5.41, 5.74) is 0.462. The number of hydrogen-bond acceptors (Lipinski definition) is 3. The number of carbonyl (C=O) groups is 1. The van der Waals surface area contributed by atoms with Crippen LogP contribution in [0, 0.1) is 0 Å². The highest BCUT2D eigenvalue weighted by molar-refractivity contribution is 6.35. The van der Waals surface area contributed by atoms with Crippen molar-refractivity contribution in [3.05, 3.63) is 58.1 Å². The zero-order chi connectivity index (χ0) is 19.8. The molecule has 0 spiro atoms. The summed E-state index contributed by atoms with van der Waals surface area (Å²) in [6.07, 6.45) is -2.36. The van der Waals surface area contributed by atoms with E-state index in [0.29, 0.717) is 22.3 Å². The molecule has 0 radical (unpaired) electrons. The van der Waals surface area contributed by atoms with Gasteiger partial charge in [-0.15, -0.1) is 0 Å². The van der Waals surface area contributed by atoms with Crippen LogP contribution in [0.1, 0.15) is 24.2 Å². The zero-order valence-corrected chi connectivity index (χ0v) is 15.4. The molecule has 3 rings (SSSR count). The minimum atomic E-state index is -4.54. The van der Waals surface area contributed by atoms with Gasteiger partial charge < -0.3 is 9.88 Å². The number of carbonyl (C=O) groups excluding carboxylic acids is 1. The fourth-order valence-corrected chi connectivity index (χ4v) is 3.24. The molecule has 0 fully saturated rings. The molecule has 1 unspecified atom stereocenters. The molecule has 1 amide bonds. The van der Waals surface area contributed by atoms with E-state index in [0.717, 1.165) is 6.07 Å². The van der Waals surface area contributed by atoms with Gasteiger partial charge in [-0.25, -0.2) is 4.98 Å². The lowest BCUT2D eigenvalue weighted by Crippen LogP contribution is -2.30. The second kappa shape index (κ2) is 7.36. The molecular weight excluding hydrogens is 404 g/mol. The van der Waals surface area contributed by atoms with Gasteiger partial charge in [0.2, 0.25) is 5.91 Å². The van der Waals surface area contributed by atoms with Gasteiger partial charge in [0.25, 0.3) is 0 Å². The zero-order valence-electron chi connectivity index (χ0n) is 13.9. The predicted octanol–water partition coefficient (Wildman–Crippen LogP) is 4.63. The number of amides is 1. The molecule has 2 aromatic heterocycles. The molecule has 142 valence electrons. The molecule has 1 N–H and O–H groups in total. The fraction of sp³-hybridized carbons (Fsp3) is 0.235. The molecule has 1 aromatic carbocycles. The van der Waals surface area contributed by atoms with Crippen molar-refractivity contribution >= 4 is 40.1 Å². The molecular formula is C17H13Cl2F3N4O. The number of pyridine rings is 1. The second-order valence-electron chi connectivity index (χ2n) is 5.86. The molecule has 10 heteroatoms. The summed E-state index contributed by atoms with van der Waals surface area (Å²) < 4.78 is 39.7. The maximum Gasteiger partial charge on any atom is 0.417 e. The minimum absolute atomic E-state index is 0.0666. The number of aromatic nitrogens is 3. The van der Waals surface area contributed by atoms with Crippen LogP contribution in [-0.2, 0) is 17.5 Å². The number of nitrogens with one attached hydrogen (secondary N) is 1. The fourth-order valence-electron chi connectivity index (χ4n) is 2.63. The molecule has 0 aliphatic rings. The number of benzene rings is 1. The molecule has 2 heterocycles. The summed E-state index contributed by atoms with van der Waals surface area (Å²) in [4.78, 5) is 20.3. The van der Waals surface area contributed by atoms with Crippen LogP contribution >= 0.6 is 23.2 Å². The van der Waals surface area contributed by atoms with Gasteiger partial charge >= 0.3 is 6.18 Å². The smallest absolute Gasteiger partial charge is 0.346 e. The summed E-state index contributed by atoms with van der Waals surface area (Å²) in [6, 6.07) is 5.31. The van der Waals surface area contributed by atoms with Gasteiger partial charge in [-0.3, -0.25) is 9.78 Å². The lowest BCUT2D eigenvalue weighted by Gasteiger charge is -2.16. The lowest BCUT2D eigenvalue weighted by molar-refractivity contribution is -0.137. The van der Waals surface area contributed by atoms with Crippen molar-refractivity contribution in [1.29, 1.82) is 0 Å². The maximum absolute atomic E-state index is 12.7. The Morgan fingerprint density at radius 1 is 1.26 bits per heavy atom. The number of alkyl halides is 3. The van der Waals surface area contributed by atoms with Crippen molar-refractivity contribution in [3.8, 4) is 0 Å². The Balaban J connectivity index is 1.74.